The van der Waals surface area contributed by atoms with Crippen LogP contribution in [-0.2, 0) is 0 Å². The van der Waals surface area contributed by atoms with Gasteiger partial charge in [0.2, 0.25) is 0 Å². The number of likely N-dealkylation sites (N-methyl/N-ethyl adjacent to an activating group) is 1. The summed E-state index contributed by atoms with van der Waals surface area (Å²) >= 11 is 6.00. The molecular formula is C27H34ClFN6O2. The number of ether oxygens (including phenoxy) is 2. The lowest BCUT2D eigenvalue weighted by molar-refractivity contribution is 0.115. The third kappa shape index (κ3) is 6.59. The number of anilines is 2. The summed E-state index contributed by atoms with van der Waals surface area (Å²) in [5, 5.41) is 4.07. The van der Waals surface area contributed by atoms with E-state index in [1.165, 1.54) is 18.5 Å². The first-order chi connectivity index (χ1) is 17.9. The number of piperidine rings is 1. The number of piperazine rings is 1. The summed E-state index contributed by atoms with van der Waals surface area (Å²) in [6, 6.07) is 8.36. The minimum atomic E-state index is -0.468. The highest BCUT2D eigenvalue weighted by atomic mass is 35.5. The molecule has 0 saturated carbocycles. The van der Waals surface area contributed by atoms with Crippen molar-refractivity contribution in [3.8, 4) is 11.5 Å². The monoisotopic (exact) mass is 528 g/mol. The van der Waals surface area contributed by atoms with Gasteiger partial charge in [-0.3, -0.25) is 4.90 Å². The molecule has 3 heterocycles. The van der Waals surface area contributed by atoms with E-state index in [0.717, 1.165) is 69.8 Å². The van der Waals surface area contributed by atoms with Crippen LogP contribution in [0.4, 0.5) is 15.9 Å². The Balaban J connectivity index is 1.40. The summed E-state index contributed by atoms with van der Waals surface area (Å²) in [4.78, 5) is 16.1. The summed E-state index contributed by atoms with van der Waals surface area (Å²) in [6.45, 7) is 7.70. The maximum atomic E-state index is 13.7. The number of benzene rings is 2. The first kappa shape index (κ1) is 25.9. The fourth-order valence-corrected chi connectivity index (χ4v) is 4.94. The van der Waals surface area contributed by atoms with Gasteiger partial charge < -0.3 is 24.6 Å². The minimum absolute atomic E-state index is 0.0437. The zero-order chi connectivity index (χ0) is 25.8. The molecule has 3 aromatic rings. The Labute approximate surface area is 222 Å². The van der Waals surface area contributed by atoms with Gasteiger partial charge in [-0.05, 0) is 45.1 Å². The second kappa shape index (κ2) is 11.8. The van der Waals surface area contributed by atoms with E-state index in [1.807, 2.05) is 12.1 Å². The van der Waals surface area contributed by atoms with Gasteiger partial charge in [-0.15, -0.1) is 0 Å². The van der Waals surface area contributed by atoms with Crippen LogP contribution in [0.1, 0.15) is 12.8 Å². The average molecular weight is 529 g/mol. The van der Waals surface area contributed by atoms with Crippen molar-refractivity contribution in [2.45, 2.75) is 18.9 Å². The van der Waals surface area contributed by atoms with Crippen molar-refractivity contribution < 1.29 is 13.9 Å². The highest BCUT2D eigenvalue weighted by molar-refractivity contribution is 6.31. The number of hydrogen-bond acceptors (Lipinski definition) is 8. The van der Waals surface area contributed by atoms with E-state index in [1.54, 1.807) is 6.07 Å². The molecule has 0 bridgehead atoms. The molecule has 0 atom stereocenters. The molecule has 37 heavy (non-hydrogen) atoms. The second-order valence-corrected chi connectivity index (χ2v) is 10.3. The maximum Gasteiger partial charge on any atom is 0.145 e. The molecule has 1 N–H and O–H groups in total. The number of rotatable bonds is 8. The zero-order valence-corrected chi connectivity index (χ0v) is 22.2. The Morgan fingerprint density at radius 2 is 1.76 bits per heavy atom. The van der Waals surface area contributed by atoms with Crippen molar-refractivity contribution in [3.63, 3.8) is 0 Å². The van der Waals surface area contributed by atoms with Gasteiger partial charge in [0.1, 0.15) is 42.2 Å². The number of aromatic nitrogens is 2. The molecule has 2 fully saturated rings. The first-order valence-corrected chi connectivity index (χ1v) is 13.2. The Morgan fingerprint density at radius 1 is 1.00 bits per heavy atom. The van der Waals surface area contributed by atoms with Crippen molar-refractivity contribution in [2.75, 3.05) is 71.8 Å². The van der Waals surface area contributed by atoms with Crippen LogP contribution in [0.25, 0.3) is 10.9 Å². The first-order valence-electron chi connectivity index (χ1n) is 12.8. The van der Waals surface area contributed by atoms with Crippen molar-refractivity contribution in [1.82, 2.24) is 24.7 Å². The molecule has 0 unspecified atom stereocenters. The summed E-state index contributed by atoms with van der Waals surface area (Å²) < 4.78 is 26.4. The molecular weight excluding hydrogens is 495 g/mol. The van der Waals surface area contributed by atoms with Crippen LogP contribution in [0.5, 0.6) is 11.5 Å². The molecule has 2 saturated heterocycles. The third-order valence-corrected chi connectivity index (χ3v) is 7.38. The predicted molar refractivity (Wildman–Crippen MR) is 145 cm³/mol. The smallest absolute Gasteiger partial charge is 0.145 e. The van der Waals surface area contributed by atoms with Gasteiger partial charge in [0.25, 0.3) is 0 Å². The Hall–Kier alpha value is -2.72. The van der Waals surface area contributed by atoms with E-state index in [9.17, 15) is 4.39 Å². The summed E-state index contributed by atoms with van der Waals surface area (Å²) in [5.41, 5.74) is 1.34. The van der Waals surface area contributed by atoms with Crippen LogP contribution >= 0.6 is 11.6 Å². The summed E-state index contributed by atoms with van der Waals surface area (Å²) in [7, 11) is 4.29. The minimum Gasteiger partial charge on any atom is -0.492 e. The normalized spacial score (nSPS) is 18.3. The second-order valence-electron chi connectivity index (χ2n) is 9.91. The lowest BCUT2D eigenvalue weighted by atomic mass is 10.1. The molecule has 0 spiro atoms. The quantitative estimate of drug-likeness (QED) is 0.465. The molecule has 0 aliphatic carbocycles. The Bertz CT molecular complexity index is 1210. The average Bonchev–Trinajstić information content (AvgIpc) is 2.89. The van der Waals surface area contributed by atoms with Crippen molar-refractivity contribution in [3.05, 3.63) is 47.5 Å². The van der Waals surface area contributed by atoms with Crippen LogP contribution in [0, 0.1) is 5.82 Å². The molecule has 2 aromatic carbocycles. The number of fused-ring (bicyclic) bond motifs is 1. The lowest BCUT2D eigenvalue weighted by Gasteiger charge is -2.32. The number of nitrogens with one attached hydrogen (secondary N) is 1. The van der Waals surface area contributed by atoms with Gasteiger partial charge in [-0.25, -0.2) is 14.4 Å². The molecule has 198 valence electrons. The summed E-state index contributed by atoms with van der Waals surface area (Å²) in [5.74, 6) is 1.50. The molecule has 0 amide bonds. The molecule has 0 radical (unpaired) electrons. The van der Waals surface area contributed by atoms with E-state index < -0.39 is 5.82 Å². The van der Waals surface area contributed by atoms with Gasteiger partial charge >= 0.3 is 0 Å². The number of nitrogens with zero attached hydrogens (tertiary/aromatic N) is 5. The molecule has 1 aromatic heterocycles. The van der Waals surface area contributed by atoms with Crippen LogP contribution < -0.4 is 14.8 Å². The SMILES string of the molecule is CN1CCC(Oc2cc(OCCN3CCN(C)CC3)cc3ncnc(Nc4ccc(F)c(Cl)c4)c23)CC1. The topological polar surface area (TPSA) is 66.0 Å². The number of halogens is 2. The molecule has 2 aliphatic heterocycles. The van der Waals surface area contributed by atoms with E-state index in [-0.39, 0.29) is 11.1 Å². The Morgan fingerprint density at radius 3 is 2.51 bits per heavy atom. The summed E-state index contributed by atoms with van der Waals surface area (Å²) in [6.07, 6.45) is 3.48. The Kier molecular flexibility index (Phi) is 8.24. The molecule has 8 nitrogen and oxygen atoms in total. The van der Waals surface area contributed by atoms with Crippen molar-refractivity contribution in [2.24, 2.45) is 0 Å². The van der Waals surface area contributed by atoms with Gasteiger partial charge in [0.15, 0.2) is 0 Å². The third-order valence-electron chi connectivity index (χ3n) is 7.09. The van der Waals surface area contributed by atoms with Crippen molar-refractivity contribution in [1.29, 1.82) is 0 Å². The van der Waals surface area contributed by atoms with Crippen molar-refractivity contribution >= 4 is 34.0 Å². The number of hydrogen-bond donors (Lipinski definition) is 1. The largest absolute Gasteiger partial charge is 0.492 e. The van der Waals surface area contributed by atoms with Gasteiger partial charge in [0, 0.05) is 63.6 Å². The fourth-order valence-electron chi connectivity index (χ4n) is 4.76. The molecule has 5 rings (SSSR count). The highest BCUT2D eigenvalue weighted by Crippen LogP contribution is 2.37. The zero-order valence-electron chi connectivity index (χ0n) is 21.4. The molecule has 2 aliphatic rings. The predicted octanol–water partition coefficient (Wildman–Crippen LogP) is 4.27. The van der Waals surface area contributed by atoms with Crippen LogP contribution in [0.15, 0.2) is 36.7 Å². The van der Waals surface area contributed by atoms with Gasteiger partial charge in [-0.1, -0.05) is 11.6 Å². The van der Waals surface area contributed by atoms with Gasteiger partial charge in [0.05, 0.1) is 15.9 Å². The highest BCUT2D eigenvalue weighted by Gasteiger charge is 2.22. The molecule has 10 heteroatoms. The maximum absolute atomic E-state index is 13.7. The van der Waals surface area contributed by atoms with Crippen LogP contribution in [0.3, 0.4) is 0 Å². The van der Waals surface area contributed by atoms with Crippen LogP contribution in [-0.4, -0.2) is 97.3 Å². The standard InChI is InChI=1S/C27H34ClFN6O2/c1-33-7-5-20(6-8-33)37-25-17-21(36-14-13-35-11-9-34(2)10-12-35)16-24-26(25)27(31-18-30-24)32-19-3-4-23(29)22(28)15-19/h3-4,15-18,20H,5-14H2,1-2H3,(H,30,31,32). The van der Waals surface area contributed by atoms with E-state index in [2.05, 4.69) is 44.1 Å². The van der Waals surface area contributed by atoms with E-state index in [0.29, 0.717) is 29.4 Å². The van der Waals surface area contributed by atoms with Crippen LogP contribution in [0.2, 0.25) is 5.02 Å². The lowest BCUT2D eigenvalue weighted by Crippen LogP contribution is -2.45. The van der Waals surface area contributed by atoms with Gasteiger partial charge in [-0.2, -0.15) is 0 Å². The number of likely N-dealkylation sites (tertiary alicyclic amines) is 1. The fraction of sp³-hybridized carbons (Fsp3) is 0.481. The van der Waals surface area contributed by atoms with E-state index in [4.69, 9.17) is 21.1 Å². The van der Waals surface area contributed by atoms with E-state index >= 15 is 0 Å².